The molecular formula is C19H18BrN3O. The second-order valence-corrected chi connectivity index (χ2v) is 6.08. The van der Waals surface area contributed by atoms with Crippen LogP contribution in [-0.4, -0.2) is 17.4 Å². The van der Waals surface area contributed by atoms with Crippen LogP contribution in [0.3, 0.4) is 0 Å². The number of hydrogen-bond donors (Lipinski definition) is 1. The summed E-state index contributed by atoms with van der Waals surface area (Å²) in [6.07, 6.45) is 1.61. The van der Waals surface area contributed by atoms with Gasteiger partial charge in [0.1, 0.15) is 11.6 Å². The maximum absolute atomic E-state index is 12.3. The highest BCUT2D eigenvalue weighted by Crippen LogP contribution is 2.15. The van der Waals surface area contributed by atoms with E-state index in [1.54, 1.807) is 18.3 Å². The summed E-state index contributed by atoms with van der Waals surface area (Å²) in [4.78, 5) is 14.2. The number of amides is 1. The molecule has 24 heavy (non-hydrogen) atoms. The minimum Gasteiger partial charge on any atom is -0.372 e. The number of nitrogens with one attached hydrogen (secondary N) is 1. The summed E-state index contributed by atoms with van der Waals surface area (Å²) in [5, 5.41) is 12.1. The first-order chi connectivity index (χ1) is 11.6. The molecule has 0 saturated carbocycles. The summed E-state index contributed by atoms with van der Waals surface area (Å²) >= 11 is 3.34. The Bertz CT molecular complexity index is 748. The van der Waals surface area contributed by atoms with Gasteiger partial charge in [0, 0.05) is 29.4 Å². The first-order valence-electron chi connectivity index (χ1n) is 7.59. The summed E-state index contributed by atoms with van der Waals surface area (Å²) in [7, 11) is 0. The van der Waals surface area contributed by atoms with E-state index in [9.17, 15) is 10.1 Å². The van der Waals surface area contributed by atoms with Gasteiger partial charge in [0.25, 0.3) is 5.91 Å². The zero-order chi connectivity index (χ0) is 17.4. The third-order valence-electron chi connectivity index (χ3n) is 3.41. The molecule has 0 unspecified atom stereocenters. The summed E-state index contributed by atoms with van der Waals surface area (Å²) in [5.74, 6) is -0.411. The van der Waals surface area contributed by atoms with E-state index < -0.39 is 5.91 Å². The number of halogens is 1. The number of nitriles is 1. The molecule has 0 aliphatic heterocycles. The van der Waals surface area contributed by atoms with Gasteiger partial charge in [-0.25, -0.2) is 0 Å². The molecule has 0 heterocycles. The zero-order valence-electron chi connectivity index (χ0n) is 13.4. The molecule has 0 spiro atoms. The first-order valence-corrected chi connectivity index (χ1v) is 8.38. The Morgan fingerprint density at radius 2 is 1.88 bits per heavy atom. The third kappa shape index (κ3) is 5.25. The molecule has 1 amide bonds. The third-order valence-corrected chi connectivity index (χ3v) is 3.94. The van der Waals surface area contributed by atoms with Crippen molar-refractivity contribution in [2.45, 2.75) is 13.5 Å². The van der Waals surface area contributed by atoms with Gasteiger partial charge >= 0.3 is 0 Å². The van der Waals surface area contributed by atoms with Crippen LogP contribution in [0.15, 0.2) is 70.8 Å². The van der Waals surface area contributed by atoms with E-state index in [4.69, 9.17) is 0 Å². The van der Waals surface area contributed by atoms with Crippen LogP contribution in [0, 0.1) is 11.3 Å². The maximum atomic E-state index is 12.3. The lowest BCUT2D eigenvalue weighted by Gasteiger charge is -2.19. The SMILES string of the molecule is CCN(/C=C(/C#N)C(=O)Nc1ccc(Br)cc1)Cc1ccccc1. The second-order valence-electron chi connectivity index (χ2n) is 5.16. The van der Waals surface area contributed by atoms with Gasteiger partial charge in [0.2, 0.25) is 0 Å². The van der Waals surface area contributed by atoms with Gasteiger partial charge in [-0.1, -0.05) is 46.3 Å². The smallest absolute Gasteiger partial charge is 0.267 e. The van der Waals surface area contributed by atoms with Crippen LogP contribution in [0.5, 0.6) is 0 Å². The van der Waals surface area contributed by atoms with Gasteiger partial charge in [-0.05, 0) is 36.8 Å². The molecule has 0 aromatic heterocycles. The van der Waals surface area contributed by atoms with Crippen molar-refractivity contribution in [3.05, 3.63) is 76.4 Å². The number of benzene rings is 2. The molecule has 1 N–H and O–H groups in total. The van der Waals surface area contributed by atoms with Crippen LogP contribution in [0.2, 0.25) is 0 Å². The Labute approximate surface area is 150 Å². The monoisotopic (exact) mass is 383 g/mol. The standard InChI is InChI=1S/C19H18BrN3O/c1-2-23(13-15-6-4-3-5-7-15)14-16(12-21)19(24)22-18-10-8-17(20)9-11-18/h3-11,14H,2,13H2,1H3,(H,22,24)/b16-14-. The van der Waals surface area contributed by atoms with Crippen LogP contribution < -0.4 is 5.32 Å². The maximum Gasteiger partial charge on any atom is 0.267 e. The lowest BCUT2D eigenvalue weighted by molar-refractivity contribution is -0.112. The molecule has 0 atom stereocenters. The predicted octanol–water partition coefficient (Wildman–Crippen LogP) is 4.32. The molecule has 2 rings (SSSR count). The van der Waals surface area contributed by atoms with Crippen molar-refractivity contribution in [1.82, 2.24) is 4.90 Å². The van der Waals surface area contributed by atoms with Gasteiger partial charge in [-0.15, -0.1) is 0 Å². The van der Waals surface area contributed by atoms with Crippen LogP contribution >= 0.6 is 15.9 Å². The Kier molecular flexibility index (Phi) is 6.59. The average molecular weight is 384 g/mol. The largest absolute Gasteiger partial charge is 0.372 e. The fraction of sp³-hybridized carbons (Fsp3) is 0.158. The summed E-state index contributed by atoms with van der Waals surface area (Å²) in [5.41, 5.74) is 1.85. The van der Waals surface area contributed by atoms with E-state index in [2.05, 4.69) is 21.2 Å². The van der Waals surface area contributed by atoms with E-state index in [-0.39, 0.29) is 5.57 Å². The van der Waals surface area contributed by atoms with E-state index >= 15 is 0 Å². The van der Waals surface area contributed by atoms with Gasteiger partial charge in [0.15, 0.2) is 0 Å². The Morgan fingerprint density at radius 1 is 1.21 bits per heavy atom. The predicted molar refractivity (Wildman–Crippen MR) is 99.0 cm³/mol. The summed E-state index contributed by atoms with van der Waals surface area (Å²) in [6.45, 7) is 3.33. The molecule has 0 radical (unpaired) electrons. The Balaban J connectivity index is 2.09. The van der Waals surface area contributed by atoms with Crippen LogP contribution in [-0.2, 0) is 11.3 Å². The highest BCUT2D eigenvalue weighted by molar-refractivity contribution is 9.10. The van der Waals surface area contributed by atoms with Gasteiger partial charge < -0.3 is 10.2 Å². The normalized spacial score (nSPS) is 10.8. The minimum atomic E-state index is -0.411. The number of nitrogens with zero attached hydrogens (tertiary/aromatic N) is 2. The highest BCUT2D eigenvalue weighted by Gasteiger charge is 2.11. The lowest BCUT2D eigenvalue weighted by Crippen LogP contribution is -2.21. The topological polar surface area (TPSA) is 56.1 Å². The van der Waals surface area contributed by atoms with Crippen molar-refractivity contribution in [3.8, 4) is 6.07 Å². The van der Waals surface area contributed by atoms with Crippen LogP contribution in [0.4, 0.5) is 5.69 Å². The number of hydrogen-bond acceptors (Lipinski definition) is 3. The van der Waals surface area contributed by atoms with Crippen LogP contribution in [0.25, 0.3) is 0 Å². The number of carbonyl (C=O) groups excluding carboxylic acids is 1. The van der Waals surface area contributed by atoms with E-state index in [1.807, 2.05) is 60.4 Å². The van der Waals surface area contributed by atoms with Gasteiger partial charge in [-0.2, -0.15) is 5.26 Å². The number of carbonyl (C=O) groups is 1. The molecule has 0 saturated heterocycles. The quantitative estimate of drug-likeness (QED) is 0.596. The molecule has 0 fully saturated rings. The summed E-state index contributed by atoms with van der Waals surface area (Å²) < 4.78 is 0.927. The van der Waals surface area contributed by atoms with Crippen molar-refractivity contribution in [2.24, 2.45) is 0 Å². The van der Waals surface area contributed by atoms with Crippen LogP contribution in [0.1, 0.15) is 12.5 Å². The van der Waals surface area contributed by atoms with Crippen molar-refractivity contribution < 1.29 is 4.79 Å². The molecule has 0 aliphatic rings. The molecule has 0 bridgehead atoms. The fourth-order valence-corrected chi connectivity index (χ4v) is 2.38. The van der Waals surface area contributed by atoms with E-state index in [1.165, 1.54) is 0 Å². The van der Waals surface area contributed by atoms with E-state index in [0.29, 0.717) is 18.8 Å². The van der Waals surface area contributed by atoms with Crippen molar-refractivity contribution in [2.75, 3.05) is 11.9 Å². The Hall–Kier alpha value is -2.58. The van der Waals surface area contributed by atoms with Crippen molar-refractivity contribution >= 4 is 27.5 Å². The zero-order valence-corrected chi connectivity index (χ0v) is 15.0. The molecule has 5 heteroatoms. The molecule has 122 valence electrons. The fourth-order valence-electron chi connectivity index (χ4n) is 2.12. The number of rotatable bonds is 6. The Morgan fingerprint density at radius 3 is 2.46 bits per heavy atom. The molecule has 0 aliphatic carbocycles. The van der Waals surface area contributed by atoms with Crippen molar-refractivity contribution in [1.29, 1.82) is 5.26 Å². The minimum absolute atomic E-state index is 0.0794. The summed E-state index contributed by atoms with van der Waals surface area (Å²) in [6, 6.07) is 19.1. The lowest BCUT2D eigenvalue weighted by atomic mass is 10.2. The van der Waals surface area contributed by atoms with Gasteiger partial charge in [0.05, 0.1) is 0 Å². The molecule has 4 nitrogen and oxygen atoms in total. The second kappa shape index (κ2) is 8.90. The number of anilines is 1. The molecule has 2 aromatic rings. The van der Waals surface area contributed by atoms with Gasteiger partial charge in [-0.3, -0.25) is 4.79 Å². The highest BCUT2D eigenvalue weighted by atomic mass is 79.9. The molecule has 2 aromatic carbocycles. The van der Waals surface area contributed by atoms with E-state index in [0.717, 1.165) is 10.0 Å². The average Bonchev–Trinajstić information content (AvgIpc) is 2.61. The van der Waals surface area contributed by atoms with Crippen molar-refractivity contribution in [3.63, 3.8) is 0 Å². The molecular weight excluding hydrogens is 366 g/mol. The first kappa shape index (κ1) is 17.8.